The summed E-state index contributed by atoms with van der Waals surface area (Å²) in [5.41, 5.74) is -0.478. The van der Waals surface area contributed by atoms with E-state index in [9.17, 15) is 31.5 Å². The molecule has 0 saturated carbocycles. The molecule has 3 heterocycles. The number of carbonyl (C=O) groups excluding carboxylic acids is 2. The van der Waals surface area contributed by atoms with Crippen LogP contribution in [0.2, 0.25) is 5.02 Å². The Labute approximate surface area is 240 Å². The maximum atomic E-state index is 14.2. The molecule has 0 radical (unpaired) electrons. The van der Waals surface area contributed by atoms with Gasteiger partial charge in [0.15, 0.2) is 0 Å². The van der Waals surface area contributed by atoms with Gasteiger partial charge in [-0.25, -0.2) is 18.7 Å². The number of halogens is 6. The van der Waals surface area contributed by atoms with Gasteiger partial charge in [0.25, 0.3) is 11.8 Å². The Balaban J connectivity index is 1.41. The van der Waals surface area contributed by atoms with E-state index in [2.05, 4.69) is 20.6 Å². The predicted octanol–water partition coefficient (Wildman–Crippen LogP) is 6.12. The summed E-state index contributed by atoms with van der Waals surface area (Å²) < 4.78 is 68.2. The van der Waals surface area contributed by atoms with E-state index in [1.165, 1.54) is 12.4 Å². The topological polar surface area (TPSA) is 87.2 Å². The maximum Gasteiger partial charge on any atom is 0.416 e. The molecule has 0 aliphatic carbocycles. The van der Waals surface area contributed by atoms with Crippen molar-refractivity contribution in [1.29, 1.82) is 0 Å². The Morgan fingerprint density at radius 2 is 1.81 bits per heavy atom. The van der Waals surface area contributed by atoms with E-state index in [4.69, 9.17) is 11.6 Å². The number of aromatic nitrogens is 2. The van der Waals surface area contributed by atoms with Crippen LogP contribution in [-0.2, 0) is 6.18 Å². The highest BCUT2D eigenvalue weighted by molar-refractivity contribution is 6.31. The van der Waals surface area contributed by atoms with Crippen LogP contribution in [0.15, 0.2) is 67.1 Å². The molecule has 6 rings (SSSR count). The van der Waals surface area contributed by atoms with Crippen LogP contribution in [0, 0.1) is 11.6 Å². The van der Waals surface area contributed by atoms with Crippen LogP contribution in [0.5, 0.6) is 0 Å². The van der Waals surface area contributed by atoms with Gasteiger partial charge < -0.3 is 15.5 Å². The normalized spacial score (nSPS) is 16.6. The number of nitrogens with one attached hydrogen (secondary N) is 2. The zero-order valence-electron chi connectivity index (χ0n) is 21.3. The quantitative estimate of drug-likeness (QED) is 0.270. The summed E-state index contributed by atoms with van der Waals surface area (Å²) in [4.78, 5) is 36.5. The van der Waals surface area contributed by atoms with E-state index < -0.39 is 46.8 Å². The number of alkyl halides is 3. The van der Waals surface area contributed by atoms with Crippen LogP contribution in [0.25, 0.3) is 0 Å². The van der Waals surface area contributed by atoms with Crippen molar-refractivity contribution in [2.75, 3.05) is 23.3 Å². The molecule has 4 aromatic rings. The Morgan fingerprint density at radius 3 is 2.52 bits per heavy atom. The van der Waals surface area contributed by atoms with E-state index in [0.29, 0.717) is 42.7 Å². The smallest absolute Gasteiger partial charge is 0.355 e. The van der Waals surface area contributed by atoms with Crippen LogP contribution in [0.4, 0.5) is 33.5 Å². The van der Waals surface area contributed by atoms with E-state index in [1.54, 1.807) is 24.4 Å². The van der Waals surface area contributed by atoms with Gasteiger partial charge in [-0.2, -0.15) is 13.2 Å². The Hall–Kier alpha value is -4.58. The molecule has 0 bridgehead atoms. The molecular formula is C29H19ClF5N5O2. The van der Waals surface area contributed by atoms with Gasteiger partial charge in [0.2, 0.25) is 0 Å². The summed E-state index contributed by atoms with van der Waals surface area (Å²) >= 11 is 6.34. The minimum atomic E-state index is -4.88. The number of anilines is 2. The molecule has 2 aliphatic heterocycles. The fraction of sp³-hybridized carbons (Fsp3) is 0.172. The van der Waals surface area contributed by atoms with Crippen molar-refractivity contribution in [3.63, 3.8) is 0 Å². The molecule has 2 N–H and O–H groups in total. The highest BCUT2D eigenvalue weighted by Crippen LogP contribution is 2.42. The number of hydrogen-bond donors (Lipinski definition) is 2. The molecule has 1 aromatic heterocycles. The third-order valence-electron chi connectivity index (χ3n) is 7.26. The fourth-order valence-corrected chi connectivity index (χ4v) is 5.42. The van der Waals surface area contributed by atoms with Crippen LogP contribution >= 0.6 is 11.6 Å². The highest BCUT2D eigenvalue weighted by Gasteiger charge is 2.38. The number of carbonyl (C=O) groups is 2. The summed E-state index contributed by atoms with van der Waals surface area (Å²) in [6.07, 6.45) is -1.85. The van der Waals surface area contributed by atoms with Crippen molar-refractivity contribution >= 4 is 34.9 Å². The number of nitrogens with zero attached hydrogens (tertiary/aromatic N) is 3. The third kappa shape index (κ3) is 5.13. The first-order valence-corrected chi connectivity index (χ1v) is 13.0. The van der Waals surface area contributed by atoms with Crippen molar-refractivity contribution in [1.82, 2.24) is 15.3 Å². The number of hydrogen-bond acceptors (Lipinski definition) is 5. The molecule has 1 fully saturated rings. The maximum absolute atomic E-state index is 14.2. The number of benzene rings is 3. The zero-order chi connectivity index (χ0) is 29.8. The van der Waals surface area contributed by atoms with Crippen molar-refractivity contribution in [2.45, 2.75) is 18.1 Å². The Kier molecular flexibility index (Phi) is 6.80. The van der Waals surface area contributed by atoms with Crippen LogP contribution in [0.3, 0.4) is 0 Å². The minimum Gasteiger partial charge on any atom is -0.355 e. The Morgan fingerprint density at radius 1 is 1.02 bits per heavy atom. The molecule has 1 unspecified atom stereocenters. The molecule has 1 saturated heterocycles. The minimum absolute atomic E-state index is 0.0865. The second kappa shape index (κ2) is 10.4. The van der Waals surface area contributed by atoms with Gasteiger partial charge in [-0.05, 0) is 60.2 Å². The van der Waals surface area contributed by atoms with Crippen molar-refractivity contribution < 1.29 is 31.5 Å². The zero-order valence-corrected chi connectivity index (χ0v) is 22.1. The van der Waals surface area contributed by atoms with E-state index in [0.717, 1.165) is 12.1 Å². The average Bonchev–Trinajstić information content (AvgIpc) is 3.25. The third-order valence-corrected chi connectivity index (χ3v) is 7.60. The van der Waals surface area contributed by atoms with Gasteiger partial charge in [0.1, 0.15) is 23.8 Å². The van der Waals surface area contributed by atoms with Gasteiger partial charge in [0.05, 0.1) is 11.6 Å². The predicted molar refractivity (Wildman–Crippen MR) is 144 cm³/mol. The van der Waals surface area contributed by atoms with Crippen molar-refractivity contribution in [3.8, 4) is 0 Å². The molecule has 214 valence electrons. The van der Waals surface area contributed by atoms with Crippen LogP contribution in [-0.4, -0.2) is 34.9 Å². The summed E-state index contributed by atoms with van der Waals surface area (Å²) in [7, 11) is 0. The molecule has 0 spiro atoms. The molecule has 3 aromatic carbocycles. The van der Waals surface area contributed by atoms with E-state index in [-0.39, 0.29) is 33.3 Å². The Bertz CT molecular complexity index is 1730. The number of amides is 2. The van der Waals surface area contributed by atoms with Gasteiger partial charge in [0, 0.05) is 58.2 Å². The molecular weight excluding hydrogens is 581 g/mol. The lowest BCUT2D eigenvalue weighted by molar-refractivity contribution is -0.137. The summed E-state index contributed by atoms with van der Waals surface area (Å²) in [6, 6.07) is 9.19. The second-order valence-electron chi connectivity index (χ2n) is 9.95. The largest absolute Gasteiger partial charge is 0.416 e. The van der Waals surface area contributed by atoms with Crippen LogP contribution in [0.1, 0.15) is 54.9 Å². The molecule has 13 heteroatoms. The van der Waals surface area contributed by atoms with Gasteiger partial charge >= 0.3 is 6.18 Å². The fourth-order valence-electron chi connectivity index (χ4n) is 5.19. The first kappa shape index (κ1) is 27.6. The first-order valence-electron chi connectivity index (χ1n) is 12.6. The molecule has 2 amide bonds. The number of rotatable bonds is 5. The molecule has 2 aliphatic rings. The lowest BCUT2D eigenvalue weighted by atomic mass is 9.87. The van der Waals surface area contributed by atoms with Crippen molar-refractivity contribution in [3.05, 3.63) is 117 Å². The average molecular weight is 600 g/mol. The summed E-state index contributed by atoms with van der Waals surface area (Å²) in [5.74, 6) is -2.77. The van der Waals surface area contributed by atoms with E-state index in [1.807, 2.05) is 4.90 Å². The summed E-state index contributed by atoms with van der Waals surface area (Å²) in [5, 5.41) is 5.47. The summed E-state index contributed by atoms with van der Waals surface area (Å²) in [6.45, 7) is 1.06. The highest BCUT2D eigenvalue weighted by atomic mass is 35.5. The molecule has 42 heavy (non-hydrogen) atoms. The van der Waals surface area contributed by atoms with Gasteiger partial charge in [-0.3, -0.25) is 9.59 Å². The molecule has 1 atom stereocenters. The van der Waals surface area contributed by atoms with Gasteiger partial charge in [-0.15, -0.1) is 0 Å². The monoisotopic (exact) mass is 599 g/mol. The second-order valence-corrected chi connectivity index (χ2v) is 10.4. The standard InChI is InChI=1S/C29H19ClF5N5O2/c30-22-2-1-18(31)10-20(22)26-25-21(28(42)39-26)7-14(16-11-40(12-16)24-3-4-36-13-37-24)8-23(25)38-27(41)15-5-17(29(33,34)35)9-19(32)6-15/h1-10,13,16,26H,11-12H2,(H,38,41)(H,39,42). The lowest BCUT2D eigenvalue weighted by Gasteiger charge is -2.40. The van der Waals surface area contributed by atoms with E-state index >= 15 is 0 Å². The number of fused-ring (bicyclic) bond motifs is 1. The van der Waals surface area contributed by atoms with Crippen molar-refractivity contribution in [2.24, 2.45) is 0 Å². The SMILES string of the molecule is O=C(Nc1cc(C2CN(c3ccncn3)C2)cc2c1C(c1cc(F)ccc1Cl)NC2=O)c1cc(F)cc(C(F)(F)F)c1. The molecule has 7 nitrogen and oxygen atoms in total. The van der Waals surface area contributed by atoms with Gasteiger partial charge in [-0.1, -0.05) is 11.6 Å². The lowest BCUT2D eigenvalue weighted by Crippen LogP contribution is -2.45. The first-order chi connectivity index (χ1) is 20.0. The van der Waals surface area contributed by atoms with Crippen LogP contribution < -0.4 is 15.5 Å².